The second-order valence-corrected chi connectivity index (χ2v) is 4.73. The average molecular weight is 147 g/mol. The Bertz CT molecular complexity index is 73.5. The third kappa shape index (κ3) is 8.31. The quantitative estimate of drug-likeness (QED) is 0.549. The molecule has 0 rings (SSSR count). The van der Waals surface area contributed by atoms with E-state index in [9.17, 15) is 5.11 Å². The predicted octanol–water partition coefficient (Wildman–Crippen LogP) is 2.54. The van der Waals surface area contributed by atoms with Gasteiger partial charge in [-0.1, -0.05) is 20.8 Å². The van der Waals surface area contributed by atoms with Gasteiger partial charge in [-0.3, -0.25) is 0 Å². The molecule has 0 saturated carbocycles. The molecule has 0 aliphatic rings. The van der Waals surface area contributed by atoms with E-state index in [1.165, 1.54) is 11.8 Å². The second-order valence-electron chi connectivity index (χ2n) is 3.44. The summed E-state index contributed by atoms with van der Waals surface area (Å²) in [5, 5.41) is 10.5. The van der Waals surface area contributed by atoms with E-state index in [2.05, 4.69) is 20.8 Å². The Morgan fingerprint density at radius 1 is 1.44 bits per heavy atom. The van der Waals surface area contributed by atoms with Gasteiger partial charge in [0, 0.05) is 5.75 Å². The molecule has 0 spiro atoms. The molecular weight excluding hydrogens is 132 g/mol. The maximum Gasteiger partial charge on any atom is 0.136 e. The van der Waals surface area contributed by atoms with Gasteiger partial charge in [0.1, 0.15) is 5.44 Å². The van der Waals surface area contributed by atoms with Gasteiger partial charge in [-0.15, -0.1) is 11.8 Å². The smallest absolute Gasteiger partial charge is 0.136 e. The zero-order valence-corrected chi connectivity index (χ0v) is 7.42. The first-order chi connectivity index (χ1) is 3.92. The Morgan fingerprint density at radius 2 is 1.89 bits per heavy atom. The van der Waals surface area contributed by atoms with Crippen molar-refractivity contribution in [3.05, 3.63) is 0 Å². The molecule has 0 fully saturated rings. The molecule has 2 heteroatoms. The van der Waals surface area contributed by atoms with E-state index < -0.39 is 5.44 Å². The molecule has 0 amide bonds. The molecule has 0 saturated heterocycles. The van der Waals surface area contributed by atoms with E-state index in [1.54, 1.807) is 6.92 Å². The van der Waals surface area contributed by atoms with Crippen molar-refractivity contribution < 1.29 is 5.11 Å². The van der Waals surface area contributed by atoms with Crippen LogP contribution in [0.15, 0.2) is 0 Å². The molecule has 1 unspecified atom stereocenters. The summed E-state index contributed by atoms with van der Waals surface area (Å²) in [6.45, 7) is 8.11. The van der Waals surface area contributed by atoms with Crippen LogP contribution in [0.5, 0.6) is 0 Å². The first-order valence-electron chi connectivity index (χ1n) is 3.19. The number of hydrogen-bond donors (Lipinski definition) is 0. The van der Waals surface area contributed by atoms with Crippen LogP contribution in [0, 0.1) is 5.41 Å². The van der Waals surface area contributed by atoms with E-state index in [0.717, 1.165) is 5.75 Å². The van der Waals surface area contributed by atoms with Crippen LogP contribution in [0.3, 0.4) is 0 Å². The minimum absolute atomic E-state index is 0.295. The summed E-state index contributed by atoms with van der Waals surface area (Å²) in [5.74, 6) is 0.956. The SMILES string of the molecule is CC([O])SCC(C)(C)C. The van der Waals surface area contributed by atoms with E-state index in [4.69, 9.17) is 0 Å². The molecule has 0 bridgehead atoms. The highest BCUT2D eigenvalue weighted by atomic mass is 32.2. The predicted molar refractivity (Wildman–Crippen MR) is 42.1 cm³/mol. The van der Waals surface area contributed by atoms with Gasteiger partial charge >= 0.3 is 0 Å². The standard InChI is InChI=1S/C7H15OS/c1-6(8)9-5-7(2,3)4/h6H,5H2,1-4H3. The summed E-state index contributed by atoms with van der Waals surface area (Å²) < 4.78 is 0. The Labute approximate surface area is 61.8 Å². The van der Waals surface area contributed by atoms with Gasteiger partial charge in [0.25, 0.3) is 0 Å². The lowest BCUT2D eigenvalue weighted by Crippen LogP contribution is -2.10. The van der Waals surface area contributed by atoms with Crippen LogP contribution >= 0.6 is 11.8 Å². The van der Waals surface area contributed by atoms with Crippen molar-refractivity contribution in [3.8, 4) is 0 Å². The summed E-state index contributed by atoms with van der Waals surface area (Å²) >= 11 is 1.48. The Kier molecular flexibility index (Phi) is 3.59. The largest absolute Gasteiger partial charge is 0.222 e. The van der Waals surface area contributed by atoms with Gasteiger partial charge in [-0.05, 0) is 12.3 Å². The molecule has 1 radical (unpaired) electrons. The summed E-state index contributed by atoms with van der Waals surface area (Å²) in [6.07, 6.45) is 0. The molecule has 55 valence electrons. The van der Waals surface area contributed by atoms with Crippen molar-refractivity contribution in [2.24, 2.45) is 5.41 Å². The third-order valence-corrected chi connectivity index (χ3v) is 2.25. The Morgan fingerprint density at radius 3 is 2.00 bits per heavy atom. The van der Waals surface area contributed by atoms with Crippen molar-refractivity contribution >= 4 is 11.8 Å². The summed E-state index contributed by atoms with van der Waals surface area (Å²) in [4.78, 5) is 0. The molecular formula is C7H15OS. The first-order valence-corrected chi connectivity index (χ1v) is 4.24. The number of rotatable bonds is 2. The minimum Gasteiger partial charge on any atom is -0.222 e. The molecule has 9 heavy (non-hydrogen) atoms. The van der Waals surface area contributed by atoms with Crippen molar-refractivity contribution in [2.45, 2.75) is 33.1 Å². The van der Waals surface area contributed by atoms with Crippen molar-refractivity contribution in [1.29, 1.82) is 0 Å². The van der Waals surface area contributed by atoms with Gasteiger partial charge in [0.2, 0.25) is 0 Å². The van der Waals surface area contributed by atoms with Gasteiger partial charge < -0.3 is 0 Å². The lowest BCUT2D eigenvalue weighted by Gasteiger charge is -2.17. The fraction of sp³-hybridized carbons (Fsp3) is 1.00. The van der Waals surface area contributed by atoms with Gasteiger partial charge in [-0.25, -0.2) is 5.11 Å². The maximum absolute atomic E-state index is 10.5. The zero-order valence-electron chi connectivity index (χ0n) is 6.60. The third-order valence-electron chi connectivity index (χ3n) is 0.751. The molecule has 0 aliphatic heterocycles. The van der Waals surface area contributed by atoms with Gasteiger partial charge in [-0.2, -0.15) is 0 Å². The van der Waals surface area contributed by atoms with Gasteiger partial charge in [0.05, 0.1) is 0 Å². The number of thioether (sulfide) groups is 1. The highest BCUT2D eigenvalue weighted by molar-refractivity contribution is 7.99. The Balaban J connectivity index is 3.28. The maximum atomic E-state index is 10.5. The second kappa shape index (κ2) is 3.47. The lowest BCUT2D eigenvalue weighted by atomic mass is 10.0. The van der Waals surface area contributed by atoms with Crippen LogP contribution in [0.2, 0.25) is 0 Å². The van der Waals surface area contributed by atoms with Crippen LogP contribution in [0.25, 0.3) is 0 Å². The van der Waals surface area contributed by atoms with Crippen LogP contribution in [-0.4, -0.2) is 11.2 Å². The molecule has 0 aliphatic carbocycles. The van der Waals surface area contributed by atoms with Crippen LogP contribution in [0.4, 0.5) is 0 Å². The van der Waals surface area contributed by atoms with E-state index in [0.29, 0.717) is 5.41 Å². The molecule has 1 atom stereocenters. The summed E-state index contributed by atoms with van der Waals surface area (Å²) in [7, 11) is 0. The van der Waals surface area contributed by atoms with E-state index in [1.807, 2.05) is 0 Å². The normalized spacial score (nSPS) is 15.7. The lowest BCUT2D eigenvalue weighted by molar-refractivity contribution is 0.180. The fourth-order valence-corrected chi connectivity index (χ4v) is 1.10. The summed E-state index contributed by atoms with van der Waals surface area (Å²) in [5.41, 5.74) is -0.173. The van der Waals surface area contributed by atoms with Crippen molar-refractivity contribution in [1.82, 2.24) is 0 Å². The first kappa shape index (κ1) is 9.31. The molecule has 0 heterocycles. The highest BCUT2D eigenvalue weighted by Gasteiger charge is 2.11. The summed E-state index contributed by atoms with van der Waals surface area (Å²) in [6, 6.07) is 0. The van der Waals surface area contributed by atoms with E-state index >= 15 is 0 Å². The average Bonchev–Trinajstić information content (AvgIpc) is 1.59. The monoisotopic (exact) mass is 147 g/mol. The molecule has 0 N–H and O–H groups in total. The van der Waals surface area contributed by atoms with Gasteiger partial charge in [0.15, 0.2) is 0 Å². The molecule has 0 aromatic carbocycles. The molecule has 0 aromatic heterocycles. The van der Waals surface area contributed by atoms with E-state index in [-0.39, 0.29) is 0 Å². The van der Waals surface area contributed by atoms with Crippen molar-refractivity contribution in [3.63, 3.8) is 0 Å². The zero-order chi connectivity index (χ0) is 7.49. The number of hydrogen-bond acceptors (Lipinski definition) is 1. The van der Waals surface area contributed by atoms with Crippen LogP contribution < -0.4 is 0 Å². The highest BCUT2D eigenvalue weighted by Crippen LogP contribution is 2.22. The van der Waals surface area contributed by atoms with Crippen LogP contribution in [0.1, 0.15) is 27.7 Å². The Hall–Kier alpha value is 0.310. The molecule has 0 aromatic rings. The van der Waals surface area contributed by atoms with Crippen molar-refractivity contribution in [2.75, 3.05) is 5.75 Å². The van der Waals surface area contributed by atoms with Crippen LogP contribution in [-0.2, 0) is 5.11 Å². The topological polar surface area (TPSA) is 19.9 Å². The molecule has 1 nitrogen and oxygen atoms in total. The fourth-order valence-electron chi connectivity index (χ4n) is 0.367. The minimum atomic E-state index is -0.468.